The van der Waals surface area contributed by atoms with Crippen LogP contribution in [0, 0.1) is 5.41 Å². The average molecular weight is 360 g/mol. The Hall–Kier alpha value is -1.81. The Labute approximate surface area is 154 Å². The molecule has 1 fully saturated rings. The van der Waals surface area contributed by atoms with Crippen molar-refractivity contribution in [1.29, 1.82) is 0 Å². The average Bonchev–Trinajstić information content (AvgIpc) is 2.60. The van der Waals surface area contributed by atoms with E-state index in [9.17, 15) is 4.79 Å². The molecule has 5 heteroatoms. The van der Waals surface area contributed by atoms with Crippen LogP contribution in [0.5, 0.6) is 0 Å². The number of nitrogens with one attached hydrogen (secondary N) is 1. The minimum atomic E-state index is -0.208. The number of rotatable bonds is 3. The predicted molar refractivity (Wildman–Crippen MR) is 103 cm³/mol. The van der Waals surface area contributed by atoms with Gasteiger partial charge in [-0.15, -0.1) is 0 Å². The standard InChI is InChI=1S/C20H26ClN3O/c1-20(2)13-17(12-18(14-20)24-10-4-3-5-11-24)22-23-19(25)15-6-8-16(21)9-7-15/h6-9,12H,3-5,10-11,13-14H2,1-2H3,(H,23,25)/b22-17+. The summed E-state index contributed by atoms with van der Waals surface area (Å²) in [6.45, 7) is 6.79. The van der Waals surface area contributed by atoms with E-state index in [2.05, 4.69) is 35.4 Å². The van der Waals surface area contributed by atoms with E-state index in [0.717, 1.165) is 31.6 Å². The molecule has 0 saturated carbocycles. The minimum Gasteiger partial charge on any atom is -0.375 e. The summed E-state index contributed by atoms with van der Waals surface area (Å²) < 4.78 is 0. The minimum absolute atomic E-state index is 0.158. The SMILES string of the molecule is CC1(C)CC(N2CCCCC2)=C/C(=N\NC(=O)c2ccc(Cl)cc2)C1. The van der Waals surface area contributed by atoms with Crippen LogP contribution < -0.4 is 5.43 Å². The number of amides is 1. The van der Waals surface area contributed by atoms with Gasteiger partial charge < -0.3 is 4.90 Å². The molecule has 3 rings (SSSR count). The molecular weight excluding hydrogens is 334 g/mol. The van der Waals surface area contributed by atoms with Gasteiger partial charge in [-0.1, -0.05) is 25.4 Å². The van der Waals surface area contributed by atoms with Gasteiger partial charge in [-0.25, -0.2) is 5.43 Å². The van der Waals surface area contributed by atoms with Crippen LogP contribution in [-0.2, 0) is 0 Å². The number of likely N-dealkylation sites (tertiary alicyclic amines) is 1. The van der Waals surface area contributed by atoms with Gasteiger partial charge in [0.15, 0.2) is 0 Å². The van der Waals surface area contributed by atoms with Gasteiger partial charge in [0.1, 0.15) is 0 Å². The highest BCUT2D eigenvalue weighted by Gasteiger charge is 2.29. The summed E-state index contributed by atoms with van der Waals surface area (Å²) in [5.41, 5.74) is 5.71. The highest BCUT2D eigenvalue weighted by atomic mass is 35.5. The lowest BCUT2D eigenvalue weighted by Crippen LogP contribution is -2.35. The molecule has 1 N–H and O–H groups in total. The third kappa shape index (κ3) is 4.85. The summed E-state index contributed by atoms with van der Waals surface area (Å²) in [5, 5.41) is 5.02. The number of carbonyl (C=O) groups excluding carboxylic acids is 1. The fourth-order valence-electron chi connectivity index (χ4n) is 3.58. The third-order valence-corrected chi connectivity index (χ3v) is 5.07. The maximum absolute atomic E-state index is 12.3. The molecule has 0 aromatic heterocycles. The van der Waals surface area contributed by atoms with Crippen molar-refractivity contribution in [2.75, 3.05) is 13.1 Å². The lowest BCUT2D eigenvalue weighted by molar-refractivity contribution is 0.0954. The molecule has 1 aliphatic carbocycles. The van der Waals surface area contributed by atoms with Crippen LogP contribution in [0.15, 0.2) is 41.1 Å². The first kappa shape index (κ1) is 18.0. The van der Waals surface area contributed by atoms with Crippen molar-refractivity contribution >= 4 is 23.2 Å². The smallest absolute Gasteiger partial charge is 0.271 e. The van der Waals surface area contributed by atoms with Crippen LogP contribution in [0.4, 0.5) is 0 Å². The number of benzene rings is 1. The topological polar surface area (TPSA) is 44.7 Å². The van der Waals surface area contributed by atoms with Crippen molar-refractivity contribution in [2.24, 2.45) is 10.5 Å². The first-order valence-electron chi connectivity index (χ1n) is 9.01. The number of hydrogen-bond donors (Lipinski definition) is 1. The zero-order valence-electron chi connectivity index (χ0n) is 15.0. The largest absolute Gasteiger partial charge is 0.375 e. The van der Waals surface area contributed by atoms with Gasteiger partial charge in [0, 0.05) is 29.4 Å². The second-order valence-electron chi connectivity index (χ2n) is 7.75. The lowest BCUT2D eigenvalue weighted by atomic mass is 9.78. The molecule has 1 amide bonds. The molecule has 25 heavy (non-hydrogen) atoms. The molecule has 0 spiro atoms. The summed E-state index contributed by atoms with van der Waals surface area (Å²) in [6.07, 6.45) is 7.95. The molecule has 0 atom stereocenters. The van der Waals surface area contributed by atoms with Crippen LogP contribution in [0.2, 0.25) is 5.02 Å². The summed E-state index contributed by atoms with van der Waals surface area (Å²) in [5.74, 6) is -0.208. The van der Waals surface area contributed by atoms with Gasteiger partial charge in [0.05, 0.1) is 5.71 Å². The first-order valence-corrected chi connectivity index (χ1v) is 9.39. The number of hydrazone groups is 1. The number of carbonyl (C=O) groups is 1. The van der Waals surface area contributed by atoms with Gasteiger partial charge in [-0.3, -0.25) is 4.79 Å². The summed E-state index contributed by atoms with van der Waals surface area (Å²) in [6, 6.07) is 6.83. The fraction of sp³-hybridized carbons (Fsp3) is 0.500. The second kappa shape index (κ2) is 7.61. The van der Waals surface area contributed by atoms with Crippen LogP contribution in [0.1, 0.15) is 56.3 Å². The van der Waals surface area contributed by atoms with E-state index in [-0.39, 0.29) is 11.3 Å². The van der Waals surface area contributed by atoms with Gasteiger partial charge >= 0.3 is 0 Å². The Kier molecular flexibility index (Phi) is 5.48. The van der Waals surface area contributed by atoms with E-state index in [1.165, 1.54) is 25.0 Å². The number of hydrogen-bond acceptors (Lipinski definition) is 3. The quantitative estimate of drug-likeness (QED) is 0.800. The molecule has 134 valence electrons. The highest BCUT2D eigenvalue weighted by molar-refractivity contribution is 6.30. The zero-order valence-corrected chi connectivity index (χ0v) is 15.8. The van der Waals surface area contributed by atoms with E-state index < -0.39 is 0 Å². The van der Waals surface area contributed by atoms with Crippen molar-refractivity contribution in [3.05, 3.63) is 46.6 Å². The molecule has 1 aromatic carbocycles. The van der Waals surface area contributed by atoms with Crippen LogP contribution in [-0.4, -0.2) is 29.6 Å². The molecule has 2 aliphatic rings. The van der Waals surface area contributed by atoms with E-state index in [0.29, 0.717) is 10.6 Å². The molecule has 1 aliphatic heterocycles. The number of allylic oxidation sites excluding steroid dienone is 2. The highest BCUT2D eigenvalue weighted by Crippen LogP contribution is 2.36. The second-order valence-corrected chi connectivity index (χ2v) is 8.19. The summed E-state index contributed by atoms with van der Waals surface area (Å²) in [7, 11) is 0. The Balaban J connectivity index is 1.73. The molecule has 1 heterocycles. The molecule has 1 aromatic rings. The van der Waals surface area contributed by atoms with Gasteiger partial charge in [-0.2, -0.15) is 5.10 Å². The van der Waals surface area contributed by atoms with Crippen molar-refractivity contribution < 1.29 is 4.79 Å². The lowest BCUT2D eigenvalue weighted by Gasteiger charge is -2.38. The zero-order chi connectivity index (χ0) is 17.9. The Morgan fingerprint density at radius 1 is 1.12 bits per heavy atom. The monoisotopic (exact) mass is 359 g/mol. The van der Waals surface area contributed by atoms with Gasteiger partial charge in [0.2, 0.25) is 0 Å². The van der Waals surface area contributed by atoms with Crippen molar-refractivity contribution in [3.8, 4) is 0 Å². The number of halogens is 1. The Morgan fingerprint density at radius 2 is 1.80 bits per heavy atom. The molecule has 0 bridgehead atoms. The number of piperidine rings is 1. The summed E-state index contributed by atoms with van der Waals surface area (Å²) in [4.78, 5) is 14.7. The normalized spacial score (nSPS) is 21.8. The molecule has 0 radical (unpaired) electrons. The predicted octanol–water partition coefficient (Wildman–Crippen LogP) is 4.62. The maximum atomic E-state index is 12.3. The number of nitrogens with zero attached hydrogens (tertiary/aromatic N) is 2. The fourth-order valence-corrected chi connectivity index (χ4v) is 3.71. The van der Waals surface area contributed by atoms with Crippen LogP contribution in [0.3, 0.4) is 0 Å². The van der Waals surface area contributed by atoms with Crippen molar-refractivity contribution in [3.63, 3.8) is 0 Å². The Bertz CT molecular complexity index is 685. The van der Waals surface area contributed by atoms with E-state index in [1.807, 2.05) is 0 Å². The third-order valence-electron chi connectivity index (χ3n) is 4.82. The van der Waals surface area contributed by atoms with Crippen molar-refractivity contribution in [2.45, 2.75) is 46.0 Å². The van der Waals surface area contributed by atoms with E-state index in [4.69, 9.17) is 11.6 Å². The molecule has 0 unspecified atom stereocenters. The van der Waals surface area contributed by atoms with Gasteiger partial charge in [-0.05, 0) is 67.9 Å². The van der Waals surface area contributed by atoms with Crippen LogP contribution >= 0.6 is 11.6 Å². The molecule has 4 nitrogen and oxygen atoms in total. The van der Waals surface area contributed by atoms with Gasteiger partial charge in [0.25, 0.3) is 5.91 Å². The van der Waals surface area contributed by atoms with Crippen LogP contribution in [0.25, 0.3) is 0 Å². The molecular formula is C20H26ClN3O. The van der Waals surface area contributed by atoms with E-state index >= 15 is 0 Å². The maximum Gasteiger partial charge on any atom is 0.271 e. The summed E-state index contributed by atoms with van der Waals surface area (Å²) >= 11 is 5.86. The van der Waals surface area contributed by atoms with E-state index in [1.54, 1.807) is 24.3 Å². The molecule has 1 saturated heterocycles. The first-order chi connectivity index (χ1) is 11.9. The Morgan fingerprint density at radius 3 is 2.48 bits per heavy atom. The van der Waals surface area contributed by atoms with Crippen molar-refractivity contribution in [1.82, 2.24) is 10.3 Å².